The van der Waals surface area contributed by atoms with Gasteiger partial charge in [-0.05, 0) is 70.6 Å². The Morgan fingerprint density at radius 3 is 2.04 bits per heavy atom. The number of hydrogen-bond acceptors (Lipinski definition) is 5. The van der Waals surface area contributed by atoms with Crippen LogP contribution in [0.4, 0.5) is 0 Å². The van der Waals surface area contributed by atoms with Crippen molar-refractivity contribution in [1.82, 2.24) is 19.5 Å². The minimum Gasteiger partial charge on any atom is -0.456 e. The first kappa shape index (κ1) is 18.0. The molecule has 0 saturated heterocycles. The second kappa shape index (κ2) is 12.6. The molecule has 12 rings (SSSR count). The van der Waals surface area contributed by atoms with E-state index in [1.165, 1.54) is 4.57 Å². The molecule has 0 radical (unpaired) electrons. The molecule has 8 aromatic carbocycles. The molecule has 0 saturated carbocycles. The molecule has 0 unspecified atom stereocenters. The normalized spacial score (nSPS) is 16.8. The summed E-state index contributed by atoms with van der Waals surface area (Å²) in [5.41, 5.74) is -2.12. The third kappa shape index (κ3) is 5.12. The molecule has 0 aliphatic carbocycles. The average molecular weight is 767 g/mol. The van der Waals surface area contributed by atoms with Gasteiger partial charge >= 0.3 is 0 Å². The molecule has 0 aliphatic rings. The summed E-state index contributed by atoms with van der Waals surface area (Å²) in [4.78, 5) is 14.3. The van der Waals surface area contributed by atoms with Gasteiger partial charge in [0.15, 0.2) is 11.6 Å². The van der Waals surface area contributed by atoms with E-state index in [9.17, 15) is 11.0 Å². The highest BCUT2D eigenvalue weighted by atomic mass is 32.1. The van der Waals surface area contributed by atoms with Crippen molar-refractivity contribution in [2.24, 2.45) is 0 Å². The van der Waals surface area contributed by atoms with Crippen molar-refractivity contribution in [3.63, 3.8) is 0 Å². The van der Waals surface area contributed by atoms with Crippen LogP contribution in [0.5, 0.6) is 0 Å². The van der Waals surface area contributed by atoms with Crippen molar-refractivity contribution in [2.75, 3.05) is 0 Å². The molecule has 0 atom stereocenters. The molecule has 0 fully saturated rings. The molecule has 12 aromatic rings. The van der Waals surface area contributed by atoms with E-state index in [0.29, 0.717) is 11.1 Å². The van der Waals surface area contributed by atoms with Crippen molar-refractivity contribution >= 4 is 75.3 Å². The summed E-state index contributed by atoms with van der Waals surface area (Å²) in [7, 11) is 0. The molecule has 0 aliphatic heterocycles. The van der Waals surface area contributed by atoms with Crippen LogP contribution in [0.15, 0.2) is 186 Å². The van der Waals surface area contributed by atoms with Gasteiger partial charge in [-0.25, -0.2) is 4.98 Å². The Morgan fingerprint density at radius 2 is 1.19 bits per heavy atom. The molecule has 266 valence electrons. The number of nitrogens with zero attached hydrogens (tertiary/aromatic N) is 4. The molecule has 4 aromatic heterocycles. The zero-order valence-corrected chi connectivity index (χ0v) is 29.7. The number of hydrogen-bond donors (Lipinski definition) is 0. The Hall–Kier alpha value is -7.41. The van der Waals surface area contributed by atoms with Gasteiger partial charge in [-0.2, -0.15) is 9.97 Å². The fourth-order valence-electron chi connectivity index (χ4n) is 6.95. The zero-order chi connectivity index (χ0) is 54.9. The van der Waals surface area contributed by atoms with Crippen molar-refractivity contribution in [1.29, 1.82) is 0 Å². The Kier molecular flexibility index (Phi) is 3.97. The number of furan rings is 1. The topological polar surface area (TPSA) is 56.7 Å². The largest absolute Gasteiger partial charge is 0.456 e. The second-order valence-electron chi connectivity index (χ2n) is 12.8. The van der Waals surface area contributed by atoms with Crippen LogP contribution in [0, 0.1) is 0 Å². The van der Waals surface area contributed by atoms with Crippen LogP contribution in [0.2, 0.25) is 0 Å². The highest BCUT2D eigenvalue weighted by Gasteiger charge is 2.21. The number of benzene rings is 8. The van der Waals surface area contributed by atoms with E-state index in [4.69, 9.17) is 35.8 Å². The van der Waals surface area contributed by atoms with Crippen LogP contribution >= 0.6 is 11.3 Å². The predicted octanol–water partition coefficient (Wildman–Crippen LogP) is 13.9. The highest BCUT2D eigenvalue weighted by Crippen LogP contribution is 2.42. The fraction of sp³-hybridized carbons (Fsp3) is 0. The van der Waals surface area contributed by atoms with E-state index in [1.54, 1.807) is 60.7 Å². The van der Waals surface area contributed by atoms with Crippen molar-refractivity contribution in [3.05, 3.63) is 182 Å². The summed E-state index contributed by atoms with van der Waals surface area (Å²) in [6.45, 7) is 0. The van der Waals surface area contributed by atoms with E-state index in [2.05, 4.69) is 0 Å². The summed E-state index contributed by atoms with van der Waals surface area (Å²) in [5.74, 6) is -1.02. The standard InChI is InChI=1S/C51H30N4OS/c1-4-13-31(14-5-1)34-24-26-42-39(27-34)40-29-41-37-19-10-11-22-46(37)57-47(41)30-43(40)55(42)51-53-49(33-17-8-3-9-18-33)52-50(54-51)35-23-25-38-45(28-35)56-44-21-12-20-36(48(38)44)32-15-6-2-7-16-32/h1-30H/i2D,6D,7D,10D,11D,12D,15D,16D,19D,20D,21D,22D,23D,24D,25D,26D,27D,28D,29D,30D. The van der Waals surface area contributed by atoms with Crippen LogP contribution in [-0.4, -0.2) is 19.5 Å². The van der Waals surface area contributed by atoms with Gasteiger partial charge in [-0.15, -0.1) is 11.3 Å². The van der Waals surface area contributed by atoms with Crippen molar-refractivity contribution in [3.8, 4) is 51.0 Å². The maximum Gasteiger partial charge on any atom is 0.238 e. The summed E-state index contributed by atoms with van der Waals surface area (Å²) >= 11 is 0.839. The highest BCUT2D eigenvalue weighted by molar-refractivity contribution is 7.25. The first-order chi connectivity index (χ1) is 36.6. The van der Waals surface area contributed by atoms with Gasteiger partial charge in [-0.3, -0.25) is 4.57 Å². The third-order valence-corrected chi connectivity index (χ3v) is 10.5. The molecule has 0 bridgehead atoms. The molecular formula is C51H30N4OS. The van der Waals surface area contributed by atoms with Gasteiger partial charge in [-0.1, -0.05) is 133 Å². The SMILES string of the molecule is [2H]c1c([2H])c([2H])c(-c2c([2H])c([2H])c([2H])c3oc4c([2H])c(-c5nc(-c6ccccc6)nc(-n6c7c([2H])c([2H])c(-c8ccccc8)c([2H])c7c7c([2H])c8c(sc9c([2H])c([2H])c([2H])c([2H])c98)c([2H])c76)n5)c([2H])c([2H])c4c23)c([2H])c1[2H]. The van der Waals surface area contributed by atoms with Gasteiger partial charge in [0.25, 0.3) is 0 Å². The molecule has 57 heavy (non-hydrogen) atoms. The average Bonchev–Trinajstić information content (AvgIpc) is 4.12. The smallest absolute Gasteiger partial charge is 0.238 e. The van der Waals surface area contributed by atoms with E-state index in [0.717, 1.165) is 11.3 Å². The van der Waals surface area contributed by atoms with Crippen LogP contribution < -0.4 is 0 Å². The van der Waals surface area contributed by atoms with E-state index in [-0.39, 0.29) is 82.3 Å². The van der Waals surface area contributed by atoms with Gasteiger partial charge in [0.05, 0.1) is 38.4 Å². The lowest BCUT2D eigenvalue weighted by Crippen LogP contribution is -2.06. The quantitative estimate of drug-likeness (QED) is 0.175. The summed E-state index contributed by atoms with van der Waals surface area (Å²) < 4.78 is 189. The maximum atomic E-state index is 9.96. The minimum atomic E-state index is -0.770. The number of fused-ring (bicyclic) bond motifs is 9. The van der Waals surface area contributed by atoms with Gasteiger partial charge in [0, 0.05) is 52.8 Å². The van der Waals surface area contributed by atoms with E-state index < -0.39 is 142 Å². The Balaban J connectivity index is 1.24. The van der Waals surface area contributed by atoms with E-state index >= 15 is 0 Å². The summed E-state index contributed by atoms with van der Waals surface area (Å²) in [6, 6.07) is 4.66. The third-order valence-electron chi connectivity index (χ3n) is 9.51. The lowest BCUT2D eigenvalue weighted by molar-refractivity contribution is 0.669. The number of aromatic nitrogens is 4. The molecule has 0 amide bonds. The molecule has 6 heteroatoms. The Labute approximate surface area is 358 Å². The van der Waals surface area contributed by atoms with Crippen molar-refractivity contribution in [2.45, 2.75) is 0 Å². The monoisotopic (exact) mass is 766 g/mol. The fourth-order valence-corrected chi connectivity index (χ4v) is 7.92. The first-order valence-corrected chi connectivity index (χ1v) is 18.2. The first-order valence-electron chi connectivity index (χ1n) is 27.4. The number of rotatable bonds is 5. The maximum absolute atomic E-state index is 9.96. The molecule has 0 spiro atoms. The van der Waals surface area contributed by atoms with Gasteiger partial charge in [0.1, 0.15) is 11.2 Å². The Morgan fingerprint density at radius 1 is 0.456 bits per heavy atom. The molecule has 4 heterocycles. The zero-order valence-electron chi connectivity index (χ0n) is 48.9. The molecular weight excluding hydrogens is 717 g/mol. The summed E-state index contributed by atoms with van der Waals surface area (Å²) in [5, 5.41) is -0.967. The number of thiophene rings is 1. The lowest BCUT2D eigenvalue weighted by Gasteiger charge is -2.11. The molecule has 0 N–H and O–H groups in total. The Bertz CT molecular complexity index is 4670. The van der Waals surface area contributed by atoms with Gasteiger partial charge < -0.3 is 4.42 Å². The molecule has 5 nitrogen and oxygen atoms in total. The minimum absolute atomic E-state index is 0.00651. The second-order valence-corrected chi connectivity index (χ2v) is 13.8. The van der Waals surface area contributed by atoms with Crippen molar-refractivity contribution < 1.29 is 31.8 Å². The van der Waals surface area contributed by atoms with Crippen LogP contribution in [-0.2, 0) is 0 Å². The van der Waals surface area contributed by atoms with Crippen LogP contribution in [0.1, 0.15) is 27.4 Å². The lowest BCUT2D eigenvalue weighted by atomic mass is 9.99. The van der Waals surface area contributed by atoms with Crippen LogP contribution in [0.25, 0.3) is 115 Å². The van der Waals surface area contributed by atoms with Gasteiger partial charge in [0.2, 0.25) is 5.95 Å². The predicted molar refractivity (Wildman–Crippen MR) is 236 cm³/mol. The van der Waals surface area contributed by atoms with Crippen LogP contribution in [0.3, 0.4) is 0 Å². The summed E-state index contributed by atoms with van der Waals surface area (Å²) in [6.07, 6.45) is 0. The van der Waals surface area contributed by atoms with E-state index in [1.807, 2.05) is 0 Å².